The van der Waals surface area contributed by atoms with Crippen LogP contribution in [0.1, 0.15) is 66.6 Å². The van der Waals surface area contributed by atoms with Crippen LogP contribution in [0.5, 0.6) is 0 Å². The average Bonchev–Trinajstić information content (AvgIpc) is 3.34. The average molecular weight is 406 g/mol. The summed E-state index contributed by atoms with van der Waals surface area (Å²) < 4.78 is 0. The molecule has 1 aromatic carbocycles. The fraction of sp³-hybridized carbons (Fsp3) is 0.480. The van der Waals surface area contributed by atoms with Crippen molar-refractivity contribution < 1.29 is 9.59 Å². The van der Waals surface area contributed by atoms with Crippen LogP contribution in [-0.2, 0) is 11.2 Å². The molecule has 1 aliphatic heterocycles. The van der Waals surface area contributed by atoms with Gasteiger partial charge in [0.05, 0.1) is 0 Å². The smallest absolute Gasteiger partial charge is 0.270 e. The largest absolute Gasteiger partial charge is 0.346 e. The highest BCUT2D eigenvalue weighted by atomic mass is 16.2. The maximum Gasteiger partial charge on any atom is 0.270 e. The van der Waals surface area contributed by atoms with Crippen LogP contribution in [0, 0.1) is 5.92 Å². The zero-order chi connectivity index (χ0) is 20.9. The molecule has 30 heavy (non-hydrogen) atoms. The van der Waals surface area contributed by atoms with Gasteiger partial charge in [-0.2, -0.15) is 0 Å². The predicted octanol–water partition coefficient (Wildman–Crippen LogP) is 3.95. The molecule has 0 spiro atoms. The quantitative estimate of drug-likeness (QED) is 0.819. The zero-order valence-electron chi connectivity index (χ0n) is 17.7. The van der Waals surface area contributed by atoms with Gasteiger partial charge in [-0.1, -0.05) is 50.1 Å². The topological polar surface area (TPSA) is 62.3 Å². The summed E-state index contributed by atoms with van der Waals surface area (Å²) in [5.41, 5.74) is 2.97. The Labute approximate surface area is 178 Å². The number of nitrogens with zero attached hydrogens (tertiary/aromatic N) is 2. The number of hydrogen-bond acceptors (Lipinski definition) is 3. The van der Waals surface area contributed by atoms with Crippen LogP contribution in [0.25, 0.3) is 0 Å². The molecule has 1 aromatic heterocycles. The molecule has 4 rings (SSSR count). The highest BCUT2D eigenvalue weighted by Crippen LogP contribution is 2.32. The van der Waals surface area contributed by atoms with Gasteiger partial charge in [-0.25, -0.2) is 0 Å². The van der Waals surface area contributed by atoms with Gasteiger partial charge in [0.25, 0.3) is 5.91 Å². The van der Waals surface area contributed by atoms with E-state index in [9.17, 15) is 9.59 Å². The number of piperidine rings is 1. The van der Waals surface area contributed by atoms with Crippen molar-refractivity contribution in [1.82, 2.24) is 15.2 Å². The molecule has 0 bridgehead atoms. The van der Waals surface area contributed by atoms with E-state index in [0.717, 1.165) is 45.1 Å². The monoisotopic (exact) mass is 405 g/mol. The lowest BCUT2D eigenvalue weighted by molar-refractivity contribution is -0.137. The van der Waals surface area contributed by atoms with E-state index in [1.54, 1.807) is 18.3 Å². The lowest BCUT2D eigenvalue weighted by Crippen LogP contribution is -2.53. The van der Waals surface area contributed by atoms with Gasteiger partial charge in [-0.15, -0.1) is 0 Å². The third-order valence-corrected chi connectivity index (χ3v) is 6.56. The lowest BCUT2D eigenvalue weighted by Gasteiger charge is -2.39. The number of nitrogens with one attached hydrogen (secondary N) is 1. The first-order valence-corrected chi connectivity index (χ1v) is 11.2. The van der Waals surface area contributed by atoms with Crippen LogP contribution >= 0.6 is 0 Å². The Morgan fingerprint density at radius 1 is 1.07 bits per heavy atom. The maximum absolute atomic E-state index is 13.2. The molecule has 2 aliphatic rings. The molecule has 1 saturated carbocycles. The normalized spacial score (nSPS) is 22.1. The van der Waals surface area contributed by atoms with E-state index in [0.29, 0.717) is 12.2 Å². The molecular formula is C25H31N3O2. The van der Waals surface area contributed by atoms with Gasteiger partial charge in [-0.3, -0.25) is 14.6 Å². The van der Waals surface area contributed by atoms with Gasteiger partial charge >= 0.3 is 0 Å². The molecule has 2 fully saturated rings. The van der Waals surface area contributed by atoms with Crippen LogP contribution in [0.3, 0.4) is 0 Å². The Balaban J connectivity index is 1.52. The summed E-state index contributed by atoms with van der Waals surface area (Å²) in [6.07, 6.45) is 7.76. The first-order valence-electron chi connectivity index (χ1n) is 11.2. The van der Waals surface area contributed by atoms with Crippen molar-refractivity contribution in [2.24, 2.45) is 5.92 Å². The Morgan fingerprint density at radius 3 is 2.50 bits per heavy atom. The molecule has 2 amide bonds. The third-order valence-electron chi connectivity index (χ3n) is 6.56. The molecule has 158 valence electrons. The van der Waals surface area contributed by atoms with Gasteiger partial charge in [0.1, 0.15) is 5.69 Å². The number of benzene rings is 1. The number of carbonyl (C=O) groups is 2. The van der Waals surface area contributed by atoms with E-state index >= 15 is 0 Å². The molecule has 1 aliphatic carbocycles. The zero-order valence-corrected chi connectivity index (χ0v) is 17.7. The Bertz CT molecular complexity index is 860. The summed E-state index contributed by atoms with van der Waals surface area (Å²) in [5.74, 6) is 0.470. The number of carbonyl (C=O) groups excluding carboxylic acids is 2. The molecule has 2 heterocycles. The molecule has 1 saturated heterocycles. The van der Waals surface area contributed by atoms with Crippen molar-refractivity contribution in [3.8, 4) is 0 Å². The SMILES string of the molecule is CCc1ccc(C2CC(NC(=O)c3ccccn3)CN(C(=O)C3CCCC3)C2)cc1. The van der Waals surface area contributed by atoms with Crippen molar-refractivity contribution in [1.29, 1.82) is 0 Å². The Kier molecular flexibility index (Phi) is 6.46. The molecule has 0 radical (unpaired) electrons. The van der Waals surface area contributed by atoms with E-state index in [2.05, 4.69) is 41.5 Å². The number of hydrogen-bond donors (Lipinski definition) is 1. The third kappa shape index (κ3) is 4.72. The van der Waals surface area contributed by atoms with Crippen molar-refractivity contribution >= 4 is 11.8 Å². The minimum atomic E-state index is -0.171. The van der Waals surface area contributed by atoms with E-state index in [1.807, 2.05) is 11.0 Å². The summed E-state index contributed by atoms with van der Waals surface area (Å²) in [4.78, 5) is 32.0. The summed E-state index contributed by atoms with van der Waals surface area (Å²) in [6.45, 7) is 3.47. The highest BCUT2D eigenvalue weighted by Gasteiger charge is 2.35. The number of aromatic nitrogens is 1. The van der Waals surface area contributed by atoms with Gasteiger partial charge in [-0.05, 0) is 48.9 Å². The second kappa shape index (κ2) is 9.41. The fourth-order valence-electron chi connectivity index (χ4n) is 4.84. The van der Waals surface area contributed by atoms with E-state index in [4.69, 9.17) is 0 Å². The predicted molar refractivity (Wildman–Crippen MR) is 117 cm³/mol. The van der Waals surface area contributed by atoms with E-state index < -0.39 is 0 Å². The first kappa shape index (κ1) is 20.6. The summed E-state index contributed by atoms with van der Waals surface area (Å²) in [5, 5.41) is 3.14. The summed E-state index contributed by atoms with van der Waals surface area (Å²) in [7, 11) is 0. The number of amides is 2. The Morgan fingerprint density at radius 2 is 1.83 bits per heavy atom. The van der Waals surface area contributed by atoms with E-state index in [1.165, 1.54) is 11.1 Å². The van der Waals surface area contributed by atoms with E-state index in [-0.39, 0.29) is 29.7 Å². The van der Waals surface area contributed by atoms with Crippen LogP contribution in [0.15, 0.2) is 48.7 Å². The Hall–Kier alpha value is -2.69. The van der Waals surface area contributed by atoms with Gasteiger partial charge in [0, 0.05) is 37.2 Å². The van der Waals surface area contributed by atoms with Crippen molar-refractivity contribution in [3.63, 3.8) is 0 Å². The molecule has 2 atom stereocenters. The van der Waals surface area contributed by atoms with Crippen LogP contribution in [-0.4, -0.2) is 40.8 Å². The minimum Gasteiger partial charge on any atom is -0.346 e. The van der Waals surface area contributed by atoms with Crippen LogP contribution in [0.4, 0.5) is 0 Å². The van der Waals surface area contributed by atoms with Crippen molar-refractivity contribution in [3.05, 3.63) is 65.5 Å². The summed E-state index contributed by atoms with van der Waals surface area (Å²) in [6, 6.07) is 14.0. The number of aryl methyl sites for hydroxylation is 1. The summed E-state index contributed by atoms with van der Waals surface area (Å²) >= 11 is 0. The molecule has 2 unspecified atom stereocenters. The van der Waals surface area contributed by atoms with Crippen molar-refractivity contribution in [2.75, 3.05) is 13.1 Å². The molecule has 5 heteroatoms. The van der Waals surface area contributed by atoms with Crippen molar-refractivity contribution in [2.45, 2.75) is 57.4 Å². The molecule has 1 N–H and O–H groups in total. The molecule has 2 aromatic rings. The van der Waals surface area contributed by atoms with Crippen LogP contribution < -0.4 is 5.32 Å². The number of rotatable bonds is 5. The second-order valence-corrected chi connectivity index (χ2v) is 8.64. The number of likely N-dealkylation sites (tertiary alicyclic amines) is 1. The molecule has 5 nitrogen and oxygen atoms in total. The molecular weight excluding hydrogens is 374 g/mol. The lowest BCUT2D eigenvalue weighted by atomic mass is 9.86. The standard InChI is InChI=1S/C25H31N3O2/c1-2-18-10-12-19(13-11-18)21-15-22(27-24(29)23-9-5-6-14-26-23)17-28(16-21)25(30)20-7-3-4-8-20/h5-6,9-14,20-22H,2-4,7-8,15-17H2,1H3,(H,27,29). The van der Waals surface area contributed by atoms with Gasteiger partial charge in [0.15, 0.2) is 0 Å². The fourth-order valence-corrected chi connectivity index (χ4v) is 4.84. The number of pyridine rings is 1. The highest BCUT2D eigenvalue weighted by molar-refractivity contribution is 5.92. The second-order valence-electron chi connectivity index (χ2n) is 8.64. The first-order chi connectivity index (χ1) is 14.6. The minimum absolute atomic E-state index is 0.0746. The van der Waals surface area contributed by atoms with Gasteiger partial charge in [0.2, 0.25) is 5.91 Å². The maximum atomic E-state index is 13.2. The van der Waals surface area contributed by atoms with Gasteiger partial charge < -0.3 is 10.2 Å². The van der Waals surface area contributed by atoms with Crippen LogP contribution in [0.2, 0.25) is 0 Å².